The predicted molar refractivity (Wildman–Crippen MR) is 116 cm³/mol. The normalized spacial score (nSPS) is 10.3. The van der Waals surface area contributed by atoms with E-state index < -0.39 is 5.97 Å². The van der Waals surface area contributed by atoms with Crippen LogP contribution < -0.4 is 10.1 Å². The van der Waals surface area contributed by atoms with Gasteiger partial charge >= 0.3 is 5.97 Å². The van der Waals surface area contributed by atoms with Crippen LogP contribution in [0.1, 0.15) is 50.2 Å². The van der Waals surface area contributed by atoms with E-state index in [2.05, 4.69) is 16.4 Å². The van der Waals surface area contributed by atoms with Crippen molar-refractivity contribution >= 4 is 17.6 Å². The third-order valence-electron chi connectivity index (χ3n) is 4.70. The number of aromatic amines is 1. The Morgan fingerprint density at radius 1 is 1.13 bits per heavy atom. The van der Waals surface area contributed by atoms with E-state index in [4.69, 9.17) is 14.7 Å². The van der Waals surface area contributed by atoms with Crippen LogP contribution in [0.15, 0.2) is 48.5 Å². The molecule has 7 heteroatoms. The summed E-state index contributed by atoms with van der Waals surface area (Å²) in [5, 5.41) is 11.8. The van der Waals surface area contributed by atoms with E-state index in [1.165, 1.54) is 0 Å². The zero-order chi connectivity index (χ0) is 22.4. The van der Waals surface area contributed by atoms with Gasteiger partial charge in [-0.1, -0.05) is 18.2 Å². The van der Waals surface area contributed by atoms with Crippen molar-refractivity contribution in [2.75, 3.05) is 11.9 Å². The van der Waals surface area contributed by atoms with Gasteiger partial charge in [-0.15, -0.1) is 0 Å². The summed E-state index contributed by atoms with van der Waals surface area (Å²) in [7, 11) is 0. The van der Waals surface area contributed by atoms with E-state index in [1.54, 1.807) is 63.2 Å². The Labute approximate surface area is 180 Å². The van der Waals surface area contributed by atoms with Crippen LogP contribution in [0.4, 0.5) is 5.69 Å². The van der Waals surface area contributed by atoms with Gasteiger partial charge < -0.3 is 19.8 Å². The minimum Gasteiger partial charge on any atom is -0.489 e. The number of rotatable bonds is 7. The van der Waals surface area contributed by atoms with Gasteiger partial charge in [0.15, 0.2) is 0 Å². The fourth-order valence-electron chi connectivity index (χ4n) is 3.24. The lowest BCUT2D eigenvalue weighted by molar-refractivity contribution is 0.0525. The van der Waals surface area contributed by atoms with Gasteiger partial charge in [0.2, 0.25) is 0 Å². The number of esters is 1. The summed E-state index contributed by atoms with van der Waals surface area (Å²) in [6.07, 6.45) is 0. The molecular formula is C24H23N3O4. The molecule has 0 aliphatic carbocycles. The number of nitriles is 1. The minimum absolute atomic E-state index is 0.262. The first-order chi connectivity index (χ1) is 14.9. The van der Waals surface area contributed by atoms with E-state index in [0.29, 0.717) is 46.1 Å². The smallest absolute Gasteiger partial charge is 0.340 e. The van der Waals surface area contributed by atoms with Crippen LogP contribution in [0.3, 0.4) is 0 Å². The first-order valence-electron chi connectivity index (χ1n) is 9.82. The Morgan fingerprint density at radius 3 is 2.65 bits per heavy atom. The predicted octanol–water partition coefficient (Wildman–Crippen LogP) is 4.51. The van der Waals surface area contributed by atoms with Gasteiger partial charge in [-0.25, -0.2) is 4.79 Å². The van der Waals surface area contributed by atoms with Crippen molar-refractivity contribution < 1.29 is 19.1 Å². The van der Waals surface area contributed by atoms with Gasteiger partial charge in [0.05, 0.1) is 23.8 Å². The van der Waals surface area contributed by atoms with E-state index in [0.717, 1.165) is 5.56 Å². The van der Waals surface area contributed by atoms with E-state index in [-0.39, 0.29) is 12.5 Å². The molecule has 3 aromatic rings. The van der Waals surface area contributed by atoms with E-state index in [9.17, 15) is 9.59 Å². The molecule has 7 nitrogen and oxygen atoms in total. The standard InChI is InChI=1S/C24H23N3O4/c1-4-30-24(29)21-15(2)22(26-16(21)3)23(28)27-19-9-6-10-20(12-19)31-14-18-8-5-7-17(11-18)13-25/h5-12,26H,4,14H2,1-3H3,(H,27,28). The molecule has 0 saturated heterocycles. The molecule has 0 saturated carbocycles. The monoisotopic (exact) mass is 417 g/mol. The number of amides is 1. The Hall–Kier alpha value is -4.05. The Balaban J connectivity index is 1.71. The second kappa shape index (κ2) is 9.63. The van der Waals surface area contributed by atoms with Crippen molar-refractivity contribution in [2.45, 2.75) is 27.4 Å². The summed E-state index contributed by atoms with van der Waals surface area (Å²) < 4.78 is 10.9. The molecule has 0 fully saturated rings. The van der Waals surface area contributed by atoms with Gasteiger partial charge in [-0.05, 0) is 56.2 Å². The first kappa shape index (κ1) is 21.7. The molecular weight excluding hydrogens is 394 g/mol. The van der Waals surface area contributed by atoms with Crippen LogP contribution >= 0.6 is 0 Å². The van der Waals surface area contributed by atoms with Crippen molar-refractivity contribution in [3.05, 3.63) is 82.2 Å². The number of aromatic nitrogens is 1. The Morgan fingerprint density at radius 2 is 1.90 bits per heavy atom. The fraction of sp³-hybridized carbons (Fsp3) is 0.208. The average Bonchev–Trinajstić information content (AvgIpc) is 3.07. The lowest BCUT2D eigenvalue weighted by Crippen LogP contribution is -2.14. The highest BCUT2D eigenvalue weighted by molar-refractivity contribution is 6.06. The van der Waals surface area contributed by atoms with Gasteiger partial charge in [0.25, 0.3) is 5.91 Å². The number of hydrogen-bond donors (Lipinski definition) is 2. The minimum atomic E-state index is -0.455. The Kier molecular flexibility index (Phi) is 6.73. The molecule has 2 N–H and O–H groups in total. The molecule has 0 aliphatic rings. The van der Waals surface area contributed by atoms with Crippen LogP contribution in [-0.4, -0.2) is 23.5 Å². The molecule has 2 aromatic carbocycles. The SMILES string of the molecule is CCOC(=O)c1c(C)[nH]c(C(=O)Nc2cccc(OCc3cccc(C#N)c3)c2)c1C. The lowest BCUT2D eigenvalue weighted by Gasteiger charge is -2.10. The van der Waals surface area contributed by atoms with Crippen LogP contribution in [0.2, 0.25) is 0 Å². The summed E-state index contributed by atoms with van der Waals surface area (Å²) in [4.78, 5) is 27.9. The summed E-state index contributed by atoms with van der Waals surface area (Å²) in [6.45, 7) is 5.73. The topological polar surface area (TPSA) is 104 Å². The van der Waals surface area contributed by atoms with Crippen LogP contribution in [0, 0.1) is 25.2 Å². The second-order valence-corrected chi connectivity index (χ2v) is 6.93. The van der Waals surface area contributed by atoms with Crippen LogP contribution in [0.5, 0.6) is 5.75 Å². The second-order valence-electron chi connectivity index (χ2n) is 6.93. The summed E-state index contributed by atoms with van der Waals surface area (Å²) in [5.74, 6) is -0.245. The van der Waals surface area contributed by atoms with Crippen LogP contribution in [-0.2, 0) is 11.3 Å². The number of benzene rings is 2. The molecule has 3 rings (SSSR count). The number of nitrogens with one attached hydrogen (secondary N) is 2. The number of anilines is 1. The van der Waals surface area contributed by atoms with Gasteiger partial charge in [-0.3, -0.25) is 4.79 Å². The zero-order valence-electron chi connectivity index (χ0n) is 17.6. The first-order valence-corrected chi connectivity index (χ1v) is 9.82. The van der Waals surface area contributed by atoms with Gasteiger partial charge in [0.1, 0.15) is 18.1 Å². The van der Waals surface area contributed by atoms with E-state index >= 15 is 0 Å². The highest BCUT2D eigenvalue weighted by Crippen LogP contribution is 2.22. The molecule has 1 aromatic heterocycles. The number of nitrogens with zero attached hydrogens (tertiary/aromatic N) is 1. The molecule has 31 heavy (non-hydrogen) atoms. The average molecular weight is 417 g/mol. The number of ether oxygens (including phenoxy) is 2. The van der Waals surface area contributed by atoms with Crippen molar-refractivity contribution in [2.24, 2.45) is 0 Å². The maximum atomic E-state index is 12.8. The van der Waals surface area contributed by atoms with Crippen LogP contribution in [0.25, 0.3) is 0 Å². The molecule has 1 heterocycles. The highest BCUT2D eigenvalue weighted by Gasteiger charge is 2.23. The highest BCUT2D eigenvalue weighted by atomic mass is 16.5. The molecule has 1 amide bonds. The number of H-pyrrole nitrogens is 1. The Bertz CT molecular complexity index is 1160. The number of carbonyl (C=O) groups excluding carboxylic acids is 2. The summed E-state index contributed by atoms with van der Waals surface area (Å²) >= 11 is 0. The fourth-order valence-corrected chi connectivity index (χ4v) is 3.24. The number of aryl methyl sites for hydroxylation is 1. The molecule has 0 bridgehead atoms. The molecule has 158 valence electrons. The molecule has 0 spiro atoms. The maximum absolute atomic E-state index is 12.8. The lowest BCUT2D eigenvalue weighted by atomic mass is 10.1. The third kappa shape index (κ3) is 5.11. The molecule has 0 radical (unpaired) electrons. The summed E-state index contributed by atoms with van der Waals surface area (Å²) in [5.41, 5.74) is 3.80. The molecule has 0 aliphatic heterocycles. The van der Waals surface area contributed by atoms with Gasteiger partial charge in [-0.2, -0.15) is 5.26 Å². The largest absolute Gasteiger partial charge is 0.489 e. The zero-order valence-corrected chi connectivity index (χ0v) is 17.6. The molecule has 0 unspecified atom stereocenters. The number of hydrogen-bond acceptors (Lipinski definition) is 5. The van der Waals surface area contributed by atoms with Crippen molar-refractivity contribution in [1.29, 1.82) is 5.26 Å². The van der Waals surface area contributed by atoms with E-state index in [1.807, 2.05) is 6.07 Å². The molecule has 0 atom stereocenters. The third-order valence-corrected chi connectivity index (χ3v) is 4.70. The number of carbonyl (C=O) groups is 2. The summed E-state index contributed by atoms with van der Waals surface area (Å²) in [6, 6.07) is 16.3. The van der Waals surface area contributed by atoms with Crippen molar-refractivity contribution in [1.82, 2.24) is 4.98 Å². The van der Waals surface area contributed by atoms with Gasteiger partial charge in [0, 0.05) is 17.4 Å². The van der Waals surface area contributed by atoms with Crippen molar-refractivity contribution in [3.63, 3.8) is 0 Å². The van der Waals surface area contributed by atoms with Crippen molar-refractivity contribution in [3.8, 4) is 11.8 Å². The quantitative estimate of drug-likeness (QED) is 0.551. The maximum Gasteiger partial charge on any atom is 0.340 e.